The number of hydrogen-bond acceptors (Lipinski definition) is 2. The van der Waals surface area contributed by atoms with Crippen molar-refractivity contribution in [3.05, 3.63) is 41.5 Å². The molecular formula is C14H18N2O2. The van der Waals surface area contributed by atoms with E-state index < -0.39 is 0 Å². The van der Waals surface area contributed by atoms with Gasteiger partial charge in [-0.1, -0.05) is 11.6 Å². The fourth-order valence-corrected chi connectivity index (χ4v) is 1.44. The summed E-state index contributed by atoms with van der Waals surface area (Å²) in [6, 6.07) is 6.85. The van der Waals surface area contributed by atoms with Crippen molar-refractivity contribution in [2.24, 2.45) is 0 Å². The van der Waals surface area contributed by atoms with Crippen LogP contribution < -0.4 is 10.6 Å². The molecule has 18 heavy (non-hydrogen) atoms. The molecule has 1 rings (SSSR count). The van der Waals surface area contributed by atoms with Gasteiger partial charge < -0.3 is 10.6 Å². The van der Waals surface area contributed by atoms with Gasteiger partial charge in [-0.25, -0.2) is 0 Å². The second-order valence-corrected chi connectivity index (χ2v) is 4.15. The summed E-state index contributed by atoms with van der Waals surface area (Å²) >= 11 is 0. The third kappa shape index (κ3) is 4.41. The molecule has 4 nitrogen and oxygen atoms in total. The largest absolute Gasteiger partial charge is 0.352 e. The molecule has 0 spiro atoms. The van der Waals surface area contributed by atoms with Crippen molar-refractivity contribution in [2.45, 2.75) is 20.8 Å². The molecule has 96 valence electrons. The zero-order chi connectivity index (χ0) is 13.5. The van der Waals surface area contributed by atoms with Gasteiger partial charge in [0.2, 0.25) is 5.91 Å². The van der Waals surface area contributed by atoms with Gasteiger partial charge >= 0.3 is 0 Å². The van der Waals surface area contributed by atoms with E-state index in [4.69, 9.17) is 0 Å². The Hall–Kier alpha value is -2.10. The summed E-state index contributed by atoms with van der Waals surface area (Å²) in [5.41, 5.74) is 2.07. The van der Waals surface area contributed by atoms with E-state index in [1.54, 1.807) is 24.3 Å². The van der Waals surface area contributed by atoms with E-state index in [0.717, 1.165) is 5.57 Å². The number of carbonyl (C=O) groups excluding carboxylic acids is 2. The van der Waals surface area contributed by atoms with Crippen molar-refractivity contribution < 1.29 is 9.59 Å². The lowest BCUT2D eigenvalue weighted by atomic mass is 10.2. The van der Waals surface area contributed by atoms with Crippen LogP contribution in [0, 0.1) is 0 Å². The van der Waals surface area contributed by atoms with Crippen molar-refractivity contribution in [3.63, 3.8) is 0 Å². The van der Waals surface area contributed by atoms with Crippen LogP contribution in [0.4, 0.5) is 5.69 Å². The Morgan fingerprint density at radius 1 is 1.28 bits per heavy atom. The van der Waals surface area contributed by atoms with Crippen molar-refractivity contribution >= 4 is 17.5 Å². The second kappa shape index (κ2) is 6.59. The Morgan fingerprint density at radius 2 is 2.00 bits per heavy atom. The van der Waals surface area contributed by atoms with Crippen LogP contribution in [0.15, 0.2) is 35.9 Å². The number of nitrogens with one attached hydrogen (secondary N) is 2. The highest BCUT2D eigenvalue weighted by Crippen LogP contribution is 2.11. The van der Waals surface area contributed by atoms with Crippen LogP contribution in [0.1, 0.15) is 31.1 Å². The first-order chi connectivity index (χ1) is 8.52. The van der Waals surface area contributed by atoms with E-state index in [0.29, 0.717) is 17.8 Å². The zero-order valence-electron chi connectivity index (χ0n) is 10.9. The molecule has 0 saturated heterocycles. The molecule has 2 amide bonds. The average Bonchev–Trinajstić information content (AvgIpc) is 2.28. The summed E-state index contributed by atoms with van der Waals surface area (Å²) in [4.78, 5) is 23.2. The van der Waals surface area contributed by atoms with Gasteiger partial charge in [0.05, 0.1) is 0 Å². The molecule has 0 aliphatic carbocycles. The molecule has 0 unspecified atom stereocenters. The highest BCUT2D eigenvalue weighted by Gasteiger charge is 2.05. The molecule has 2 N–H and O–H groups in total. The Balaban J connectivity index is 2.79. The molecule has 0 atom stereocenters. The minimum atomic E-state index is -0.192. The first-order valence-electron chi connectivity index (χ1n) is 5.87. The smallest absolute Gasteiger partial charge is 0.251 e. The van der Waals surface area contributed by atoms with E-state index in [9.17, 15) is 9.59 Å². The number of carbonyl (C=O) groups is 2. The summed E-state index contributed by atoms with van der Waals surface area (Å²) in [5.74, 6) is -0.334. The van der Waals surface area contributed by atoms with Gasteiger partial charge in [-0.3, -0.25) is 9.59 Å². The number of amides is 2. The third-order valence-electron chi connectivity index (χ3n) is 2.15. The van der Waals surface area contributed by atoms with Crippen LogP contribution in [0.25, 0.3) is 0 Å². The lowest BCUT2D eigenvalue weighted by molar-refractivity contribution is -0.111. The topological polar surface area (TPSA) is 58.2 Å². The molecule has 1 aromatic carbocycles. The molecular weight excluding hydrogens is 228 g/mol. The Bertz CT molecular complexity index is 474. The second-order valence-electron chi connectivity index (χ2n) is 4.15. The molecule has 4 heteroatoms. The summed E-state index contributed by atoms with van der Waals surface area (Å²) in [5, 5.41) is 5.43. The summed E-state index contributed by atoms with van der Waals surface area (Å²) < 4.78 is 0. The van der Waals surface area contributed by atoms with Crippen LogP contribution in [-0.4, -0.2) is 18.4 Å². The summed E-state index contributed by atoms with van der Waals surface area (Å²) in [6.07, 6.45) is 1.51. The zero-order valence-corrected chi connectivity index (χ0v) is 10.9. The van der Waals surface area contributed by atoms with Crippen LogP contribution in [0.5, 0.6) is 0 Å². The Morgan fingerprint density at radius 3 is 2.61 bits per heavy atom. The minimum Gasteiger partial charge on any atom is -0.352 e. The molecule has 0 aliphatic heterocycles. The first-order valence-corrected chi connectivity index (χ1v) is 5.87. The number of anilines is 1. The maximum absolute atomic E-state index is 11.6. The average molecular weight is 246 g/mol. The first kappa shape index (κ1) is 14.0. The van der Waals surface area contributed by atoms with Crippen molar-refractivity contribution in [1.29, 1.82) is 0 Å². The van der Waals surface area contributed by atoms with Gasteiger partial charge in [0.1, 0.15) is 0 Å². The van der Waals surface area contributed by atoms with Gasteiger partial charge in [-0.05, 0) is 39.0 Å². The predicted octanol–water partition coefficient (Wildman–Crippen LogP) is 2.34. The number of rotatable bonds is 4. The van der Waals surface area contributed by atoms with Gasteiger partial charge in [0.25, 0.3) is 5.91 Å². The van der Waals surface area contributed by atoms with Gasteiger partial charge in [0.15, 0.2) is 0 Å². The van der Waals surface area contributed by atoms with Gasteiger partial charge in [-0.2, -0.15) is 0 Å². The van der Waals surface area contributed by atoms with Gasteiger partial charge in [0, 0.05) is 23.9 Å². The molecule has 0 heterocycles. The molecule has 1 aromatic rings. The molecule has 0 bridgehead atoms. The Labute approximate surface area is 107 Å². The number of allylic oxidation sites excluding steroid dienone is 1. The fourth-order valence-electron chi connectivity index (χ4n) is 1.44. The number of hydrogen-bond donors (Lipinski definition) is 2. The SMILES string of the molecule is CCNC(=O)c1cccc(NC(=O)C=C(C)C)c1. The fraction of sp³-hybridized carbons (Fsp3) is 0.286. The quantitative estimate of drug-likeness (QED) is 0.801. The molecule has 0 fully saturated rings. The van der Waals surface area contributed by atoms with Crippen LogP contribution in [-0.2, 0) is 4.79 Å². The predicted molar refractivity (Wildman–Crippen MR) is 72.5 cm³/mol. The standard InChI is InChI=1S/C14H18N2O2/c1-4-15-14(18)11-6-5-7-12(9-11)16-13(17)8-10(2)3/h5-9H,4H2,1-3H3,(H,15,18)(H,16,17). The lowest BCUT2D eigenvalue weighted by Crippen LogP contribution is -2.22. The molecule has 0 aromatic heterocycles. The minimum absolute atomic E-state index is 0.143. The van der Waals surface area contributed by atoms with E-state index >= 15 is 0 Å². The van der Waals surface area contributed by atoms with Crippen molar-refractivity contribution in [2.75, 3.05) is 11.9 Å². The monoisotopic (exact) mass is 246 g/mol. The Kier molecular flexibility index (Phi) is 5.11. The highest BCUT2D eigenvalue weighted by atomic mass is 16.2. The lowest BCUT2D eigenvalue weighted by Gasteiger charge is -2.06. The van der Waals surface area contributed by atoms with E-state index in [-0.39, 0.29) is 11.8 Å². The summed E-state index contributed by atoms with van der Waals surface area (Å²) in [7, 11) is 0. The van der Waals surface area contributed by atoms with E-state index in [1.807, 2.05) is 20.8 Å². The maximum atomic E-state index is 11.6. The normalized spacial score (nSPS) is 9.50. The molecule has 0 radical (unpaired) electrons. The van der Waals surface area contributed by atoms with Crippen LogP contribution in [0.3, 0.4) is 0 Å². The summed E-state index contributed by atoms with van der Waals surface area (Å²) in [6.45, 7) is 6.14. The van der Waals surface area contributed by atoms with Crippen LogP contribution >= 0.6 is 0 Å². The maximum Gasteiger partial charge on any atom is 0.251 e. The third-order valence-corrected chi connectivity index (χ3v) is 2.15. The molecule has 0 aliphatic rings. The van der Waals surface area contributed by atoms with Crippen molar-refractivity contribution in [1.82, 2.24) is 5.32 Å². The van der Waals surface area contributed by atoms with E-state index in [1.165, 1.54) is 6.08 Å². The number of benzene rings is 1. The van der Waals surface area contributed by atoms with Crippen LogP contribution in [0.2, 0.25) is 0 Å². The van der Waals surface area contributed by atoms with Crippen molar-refractivity contribution in [3.8, 4) is 0 Å². The molecule has 0 saturated carbocycles. The highest BCUT2D eigenvalue weighted by molar-refractivity contribution is 6.01. The van der Waals surface area contributed by atoms with Gasteiger partial charge in [-0.15, -0.1) is 0 Å². The van der Waals surface area contributed by atoms with E-state index in [2.05, 4.69) is 10.6 Å².